The molecule has 0 atom stereocenters. The van der Waals surface area contributed by atoms with Gasteiger partial charge in [-0.05, 0) is 0 Å². The van der Waals surface area contributed by atoms with Crippen molar-refractivity contribution in [1.82, 2.24) is 0 Å². The van der Waals surface area contributed by atoms with Gasteiger partial charge in [0, 0.05) is 0 Å². The number of methoxy groups -OCH3 is 6. The summed E-state index contributed by atoms with van der Waals surface area (Å²) in [6, 6.07) is 47.9. The SMILES string of the molecule is COc1ccc([PH](C(=O)[PH](c2ccc(OC)cc2)(c2ccc(OC)cc2)c2ccc(OC)cc2)(c2ccc(OC)cc2)c2ccc(OC)cc2)cc1.[H-].[H-].[H-].[Ir+3]. The van der Waals surface area contributed by atoms with Crippen molar-refractivity contribution in [1.29, 1.82) is 0 Å². The minimum absolute atomic E-state index is 0. The summed E-state index contributed by atoms with van der Waals surface area (Å²) in [6.07, 6.45) is 0. The summed E-state index contributed by atoms with van der Waals surface area (Å²) in [5, 5.41) is 5.66. The first-order valence-electron chi connectivity index (χ1n) is 16.8. The largest absolute Gasteiger partial charge is 3.00 e. The zero-order valence-corrected chi connectivity index (χ0v) is 34.9. The number of hydrogen-bond donors (Lipinski definition) is 0. The molecule has 0 aliphatic carbocycles. The first kappa shape index (κ1) is 39.5. The summed E-state index contributed by atoms with van der Waals surface area (Å²) in [4.78, 5) is 17.2. The zero-order valence-electron chi connectivity index (χ0n) is 33.5. The minimum atomic E-state index is -3.72. The molecule has 6 aromatic carbocycles. The minimum Gasteiger partial charge on any atom is -1.00 e. The van der Waals surface area contributed by atoms with E-state index >= 15 is 4.79 Å². The third kappa shape index (κ3) is 7.30. The molecule has 0 amide bonds. The Balaban J connectivity index is 0.00000271. The molecule has 6 aromatic rings. The van der Waals surface area contributed by atoms with Gasteiger partial charge in [-0.3, -0.25) is 0 Å². The van der Waals surface area contributed by atoms with E-state index in [9.17, 15) is 0 Å². The number of hydrogen-bond acceptors (Lipinski definition) is 7. The number of carbonyl (C=O) groups is 1. The number of ether oxygens (including phenoxy) is 6. The van der Waals surface area contributed by atoms with Crippen LogP contribution in [0.1, 0.15) is 4.28 Å². The predicted octanol–water partition coefficient (Wildman–Crippen LogP) is 6.95. The zero-order chi connectivity index (χ0) is 36.7. The van der Waals surface area contributed by atoms with Crippen LogP contribution in [0.25, 0.3) is 0 Å². The van der Waals surface area contributed by atoms with E-state index in [0.29, 0.717) is 34.5 Å². The van der Waals surface area contributed by atoms with E-state index in [1.165, 1.54) is 0 Å². The Bertz CT molecular complexity index is 1720. The molecule has 0 fully saturated rings. The molecule has 280 valence electrons. The average Bonchev–Trinajstić information content (AvgIpc) is 3.22. The summed E-state index contributed by atoms with van der Waals surface area (Å²) in [5.74, 6) is 4.21. The average molecular weight is 930 g/mol. The van der Waals surface area contributed by atoms with Crippen LogP contribution in [0.4, 0.5) is 4.79 Å². The Morgan fingerprint density at radius 3 is 0.566 bits per heavy atom. The Hall–Kier alpha value is -4.70. The third-order valence-electron chi connectivity index (χ3n) is 9.82. The van der Waals surface area contributed by atoms with Crippen molar-refractivity contribution < 1.29 is 57.6 Å². The van der Waals surface area contributed by atoms with Gasteiger partial charge in [0.2, 0.25) is 0 Å². The monoisotopic (exact) mass is 930 g/mol. The van der Waals surface area contributed by atoms with Crippen LogP contribution in [0, 0.1) is 0 Å². The molecule has 0 N–H and O–H groups in total. The molecule has 0 aliphatic rings. The second-order valence-electron chi connectivity index (χ2n) is 12.2. The quantitative estimate of drug-likeness (QED) is 0.110. The molecule has 53 heavy (non-hydrogen) atoms. The summed E-state index contributed by atoms with van der Waals surface area (Å²) in [5.41, 5.74) is 0. The van der Waals surface area contributed by atoms with Crippen molar-refractivity contribution in [2.75, 3.05) is 42.7 Å². The van der Waals surface area contributed by atoms with E-state index in [2.05, 4.69) is 0 Å². The topological polar surface area (TPSA) is 72.5 Å². The van der Waals surface area contributed by atoms with Gasteiger partial charge < -0.3 is 4.28 Å². The van der Waals surface area contributed by atoms with E-state index < -0.39 is 14.5 Å². The Kier molecular flexibility index (Phi) is 13.0. The van der Waals surface area contributed by atoms with Gasteiger partial charge in [-0.15, -0.1) is 0 Å². The van der Waals surface area contributed by atoms with Gasteiger partial charge >= 0.3 is 328 Å². The van der Waals surface area contributed by atoms with E-state index in [1.54, 1.807) is 42.7 Å². The molecule has 0 aromatic heterocycles. The summed E-state index contributed by atoms with van der Waals surface area (Å²) >= 11 is 0. The van der Waals surface area contributed by atoms with Gasteiger partial charge in [-0.2, -0.15) is 0 Å². The molecular formula is C43H47IrO7P2. The van der Waals surface area contributed by atoms with E-state index in [4.69, 9.17) is 28.4 Å². The molecule has 0 unspecified atom stereocenters. The summed E-state index contributed by atoms with van der Waals surface area (Å²) in [6.45, 7) is 0. The predicted molar refractivity (Wildman–Crippen MR) is 221 cm³/mol. The van der Waals surface area contributed by atoms with Gasteiger partial charge in [0.15, 0.2) is 0 Å². The van der Waals surface area contributed by atoms with Crippen molar-refractivity contribution in [2.24, 2.45) is 0 Å². The van der Waals surface area contributed by atoms with Crippen molar-refractivity contribution in [3.63, 3.8) is 0 Å². The van der Waals surface area contributed by atoms with Crippen LogP contribution in [0.3, 0.4) is 0 Å². The number of rotatable bonds is 14. The normalized spacial score (nSPS) is 11.7. The fourth-order valence-corrected chi connectivity index (χ4v) is 19.5. The van der Waals surface area contributed by atoms with Crippen LogP contribution in [0.15, 0.2) is 146 Å². The Morgan fingerprint density at radius 2 is 0.453 bits per heavy atom. The van der Waals surface area contributed by atoms with Crippen LogP contribution >= 0.6 is 14.5 Å². The summed E-state index contributed by atoms with van der Waals surface area (Å²) in [7, 11) is 2.43. The number of carbonyl (C=O) groups excluding carboxylic acids is 1. The fraction of sp³-hybridized carbons (Fsp3) is 0.140. The van der Waals surface area contributed by atoms with Crippen molar-refractivity contribution >= 4 is 51.6 Å². The Morgan fingerprint density at radius 1 is 0.321 bits per heavy atom. The standard InChI is InChI=1S/C43H44O7P2.Ir.3H/c1-45-31-7-19-37(20-8-31)51(38-21-9-32(46-2)10-22-38,39-23-11-33(47-3)12-24-39)43(44)52(40-25-13-34(48-4)14-26-40,41-27-15-35(49-5)16-28-41)42-29-17-36(50-6)18-30-42;;;;/h7-30,51-52H,1-6H3;;;;/q;+3;3*-1. The van der Waals surface area contributed by atoms with E-state index in [1.807, 2.05) is 146 Å². The maximum absolute atomic E-state index is 17.2. The second-order valence-corrected chi connectivity index (χ2v) is 20.1. The molecule has 0 aliphatic heterocycles. The molecule has 0 radical (unpaired) electrons. The molecule has 0 heterocycles. The van der Waals surface area contributed by atoms with Gasteiger partial charge in [0.05, 0.1) is 0 Å². The van der Waals surface area contributed by atoms with Gasteiger partial charge in [-0.25, -0.2) is 0 Å². The third-order valence-corrected chi connectivity index (χ3v) is 20.6. The fourth-order valence-electron chi connectivity index (χ4n) is 7.11. The van der Waals surface area contributed by atoms with Gasteiger partial charge in [0.25, 0.3) is 0 Å². The Labute approximate surface area is 330 Å². The van der Waals surface area contributed by atoms with Crippen LogP contribution in [-0.4, -0.2) is 47.9 Å². The molecule has 7 nitrogen and oxygen atoms in total. The molecule has 10 heteroatoms. The molecule has 6 rings (SSSR count). The van der Waals surface area contributed by atoms with Crippen LogP contribution in [0.5, 0.6) is 34.5 Å². The van der Waals surface area contributed by atoms with Gasteiger partial charge in [-0.1, -0.05) is 0 Å². The maximum Gasteiger partial charge on any atom is 3.00 e. The first-order valence-corrected chi connectivity index (χ1v) is 20.8. The van der Waals surface area contributed by atoms with Crippen LogP contribution < -0.4 is 60.2 Å². The van der Waals surface area contributed by atoms with E-state index in [-0.39, 0.29) is 29.7 Å². The number of benzene rings is 6. The molecule has 0 saturated carbocycles. The van der Waals surface area contributed by atoms with E-state index in [0.717, 1.165) is 31.8 Å². The second kappa shape index (κ2) is 17.4. The molecule has 0 spiro atoms. The molecule has 0 saturated heterocycles. The smallest absolute Gasteiger partial charge is 1.00 e. The first-order chi connectivity index (χ1) is 25.4. The summed E-state index contributed by atoms with van der Waals surface area (Å²) < 4.78 is 33.8. The maximum atomic E-state index is 17.2. The van der Waals surface area contributed by atoms with Crippen LogP contribution in [-0.2, 0) is 20.1 Å². The van der Waals surface area contributed by atoms with Crippen molar-refractivity contribution in [2.45, 2.75) is 0 Å². The molecular weight excluding hydrogens is 883 g/mol. The van der Waals surface area contributed by atoms with Crippen molar-refractivity contribution in [3.8, 4) is 34.5 Å². The van der Waals surface area contributed by atoms with Crippen LogP contribution in [0.2, 0.25) is 0 Å². The van der Waals surface area contributed by atoms with Gasteiger partial charge in [0.1, 0.15) is 0 Å². The molecule has 0 bridgehead atoms. The van der Waals surface area contributed by atoms with Crippen molar-refractivity contribution in [3.05, 3.63) is 146 Å².